The van der Waals surface area contributed by atoms with E-state index in [1.54, 1.807) is 18.2 Å². The molecule has 158 valence electrons. The maximum absolute atomic E-state index is 12.1. The van der Waals surface area contributed by atoms with Crippen LogP contribution in [0.1, 0.15) is 56.3 Å². The third kappa shape index (κ3) is 7.25. The van der Waals surface area contributed by atoms with Crippen molar-refractivity contribution in [3.8, 4) is 11.5 Å². The molecule has 1 aliphatic carbocycles. The van der Waals surface area contributed by atoms with Gasteiger partial charge in [-0.15, -0.1) is 0 Å². The molecule has 0 radical (unpaired) electrons. The molecule has 7 heteroatoms. The highest BCUT2D eigenvalue weighted by Crippen LogP contribution is 2.28. The Balaban J connectivity index is 1.75. The smallest absolute Gasteiger partial charge is 0.344 e. The summed E-state index contributed by atoms with van der Waals surface area (Å²) in [5.74, 6) is -0.451. The Bertz CT molecular complexity index is 771. The summed E-state index contributed by atoms with van der Waals surface area (Å²) < 4.78 is 15.7. The minimum atomic E-state index is -0.909. The average Bonchev–Trinajstić information content (AvgIpc) is 2.72. The fourth-order valence-corrected chi connectivity index (χ4v) is 3.05. The number of allylic oxidation sites excluding steroid dienone is 1. The lowest BCUT2D eigenvalue weighted by Crippen LogP contribution is -2.37. The number of ketones is 1. The molecule has 1 atom stereocenters. The van der Waals surface area contributed by atoms with E-state index in [0.717, 1.165) is 19.3 Å². The quantitative estimate of drug-likeness (QED) is 0.366. The summed E-state index contributed by atoms with van der Waals surface area (Å²) in [6, 6.07) is 4.68. The van der Waals surface area contributed by atoms with Crippen LogP contribution in [0.4, 0.5) is 0 Å². The van der Waals surface area contributed by atoms with Crippen molar-refractivity contribution in [1.29, 1.82) is 0 Å². The Morgan fingerprint density at radius 3 is 2.62 bits per heavy atom. The number of amides is 1. The van der Waals surface area contributed by atoms with Crippen LogP contribution in [-0.4, -0.2) is 44.0 Å². The van der Waals surface area contributed by atoms with Crippen LogP contribution in [0.3, 0.4) is 0 Å². The molecule has 2 rings (SSSR count). The maximum atomic E-state index is 12.1. The highest BCUT2D eigenvalue weighted by Gasteiger charge is 2.19. The van der Waals surface area contributed by atoms with Crippen LogP contribution in [0.15, 0.2) is 29.8 Å². The third-order valence-electron chi connectivity index (χ3n) is 4.72. The topological polar surface area (TPSA) is 90.9 Å². The van der Waals surface area contributed by atoms with E-state index < -0.39 is 12.1 Å². The molecule has 0 saturated carbocycles. The third-order valence-corrected chi connectivity index (χ3v) is 4.72. The molecule has 0 bridgehead atoms. The zero-order valence-corrected chi connectivity index (χ0v) is 17.3. The Kier molecular flexibility index (Phi) is 8.70. The van der Waals surface area contributed by atoms with E-state index in [-0.39, 0.29) is 18.3 Å². The molecule has 1 aliphatic rings. The van der Waals surface area contributed by atoms with E-state index in [4.69, 9.17) is 14.2 Å². The lowest BCUT2D eigenvalue weighted by Gasteiger charge is -2.16. The molecule has 1 amide bonds. The van der Waals surface area contributed by atoms with Gasteiger partial charge >= 0.3 is 5.97 Å². The number of nitrogens with one attached hydrogen (secondary N) is 1. The summed E-state index contributed by atoms with van der Waals surface area (Å²) in [6.07, 6.45) is 6.80. The highest BCUT2D eigenvalue weighted by molar-refractivity contribution is 5.94. The molecule has 1 aromatic rings. The standard InChI is InChI=1S/C22H29NO6/c1-15(24)18-9-10-19(20(13-18)27-3)28-14-21(25)29-16(2)22(26)23-12-11-17-7-5-4-6-8-17/h7,9-10,13,16H,4-6,8,11-12,14H2,1-3H3,(H,23,26)/t16-/m1/s1. The van der Waals surface area contributed by atoms with E-state index in [9.17, 15) is 14.4 Å². The predicted molar refractivity (Wildman–Crippen MR) is 108 cm³/mol. The highest BCUT2D eigenvalue weighted by atomic mass is 16.6. The Morgan fingerprint density at radius 2 is 1.97 bits per heavy atom. The SMILES string of the molecule is COc1cc(C(C)=O)ccc1OCC(=O)O[C@H](C)C(=O)NCCC1=CCCCC1. The van der Waals surface area contributed by atoms with Crippen LogP contribution in [0.5, 0.6) is 11.5 Å². The first kappa shape index (κ1) is 22.5. The van der Waals surface area contributed by atoms with Crippen molar-refractivity contribution in [2.45, 2.75) is 52.1 Å². The molecule has 0 aliphatic heterocycles. The second-order valence-electron chi connectivity index (χ2n) is 6.99. The van der Waals surface area contributed by atoms with Gasteiger partial charge in [-0.05, 0) is 64.2 Å². The van der Waals surface area contributed by atoms with Crippen LogP contribution in [0.25, 0.3) is 0 Å². The molecule has 0 saturated heterocycles. The molecule has 0 spiro atoms. The molecule has 7 nitrogen and oxygen atoms in total. The molecular weight excluding hydrogens is 374 g/mol. The number of Topliss-reactive ketones (excluding diaryl/α,β-unsaturated/α-hetero) is 1. The fraction of sp³-hybridized carbons (Fsp3) is 0.500. The van der Waals surface area contributed by atoms with Gasteiger partial charge in [0.15, 0.2) is 30.0 Å². The number of esters is 1. The first-order valence-electron chi connectivity index (χ1n) is 9.87. The van der Waals surface area contributed by atoms with E-state index >= 15 is 0 Å². The molecule has 1 N–H and O–H groups in total. The van der Waals surface area contributed by atoms with E-state index in [1.165, 1.54) is 39.4 Å². The number of hydrogen-bond donors (Lipinski definition) is 1. The number of benzene rings is 1. The summed E-state index contributed by atoms with van der Waals surface area (Å²) in [4.78, 5) is 35.5. The monoisotopic (exact) mass is 403 g/mol. The van der Waals surface area contributed by atoms with Crippen molar-refractivity contribution < 1.29 is 28.6 Å². The average molecular weight is 403 g/mol. The summed E-state index contributed by atoms with van der Waals surface area (Å²) in [5, 5.41) is 2.79. The van der Waals surface area contributed by atoms with Gasteiger partial charge in [0.05, 0.1) is 7.11 Å². The zero-order chi connectivity index (χ0) is 21.2. The van der Waals surface area contributed by atoms with Gasteiger partial charge in [0.1, 0.15) is 0 Å². The fourth-order valence-electron chi connectivity index (χ4n) is 3.05. The summed E-state index contributed by atoms with van der Waals surface area (Å²) in [7, 11) is 1.44. The van der Waals surface area contributed by atoms with Gasteiger partial charge in [-0.2, -0.15) is 0 Å². The van der Waals surface area contributed by atoms with Crippen molar-refractivity contribution in [3.63, 3.8) is 0 Å². The van der Waals surface area contributed by atoms with Gasteiger partial charge in [-0.1, -0.05) is 11.6 Å². The Labute approximate surface area is 171 Å². The molecule has 0 heterocycles. The predicted octanol–water partition coefficient (Wildman–Crippen LogP) is 3.22. The minimum absolute atomic E-state index is 0.103. The molecule has 0 unspecified atom stereocenters. The number of carbonyl (C=O) groups excluding carboxylic acids is 3. The number of methoxy groups -OCH3 is 1. The van der Waals surface area contributed by atoms with E-state index in [2.05, 4.69) is 11.4 Å². The van der Waals surface area contributed by atoms with Gasteiger partial charge in [0.2, 0.25) is 0 Å². The van der Waals surface area contributed by atoms with Crippen molar-refractivity contribution in [2.24, 2.45) is 0 Å². The number of ether oxygens (including phenoxy) is 3. The van der Waals surface area contributed by atoms with Crippen LogP contribution in [0.2, 0.25) is 0 Å². The summed E-state index contributed by atoms with van der Waals surface area (Å²) >= 11 is 0. The second kappa shape index (κ2) is 11.2. The Hall–Kier alpha value is -2.83. The van der Waals surface area contributed by atoms with Crippen molar-refractivity contribution in [1.82, 2.24) is 5.32 Å². The van der Waals surface area contributed by atoms with Crippen LogP contribution in [-0.2, 0) is 14.3 Å². The van der Waals surface area contributed by atoms with Gasteiger partial charge in [-0.25, -0.2) is 4.79 Å². The normalized spacial score (nSPS) is 14.4. The molecule has 29 heavy (non-hydrogen) atoms. The largest absolute Gasteiger partial charge is 0.493 e. The lowest BCUT2D eigenvalue weighted by atomic mass is 9.97. The summed E-state index contributed by atoms with van der Waals surface area (Å²) in [5.41, 5.74) is 1.85. The van der Waals surface area contributed by atoms with Crippen molar-refractivity contribution in [2.75, 3.05) is 20.3 Å². The van der Waals surface area contributed by atoms with Crippen molar-refractivity contribution in [3.05, 3.63) is 35.4 Å². The molecular formula is C22H29NO6. The van der Waals surface area contributed by atoms with Gasteiger partial charge in [-0.3, -0.25) is 9.59 Å². The van der Waals surface area contributed by atoms with E-state index in [0.29, 0.717) is 23.6 Å². The summed E-state index contributed by atoms with van der Waals surface area (Å²) in [6.45, 7) is 3.13. The Morgan fingerprint density at radius 1 is 1.17 bits per heavy atom. The van der Waals surface area contributed by atoms with E-state index in [1.807, 2.05) is 0 Å². The minimum Gasteiger partial charge on any atom is -0.493 e. The maximum Gasteiger partial charge on any atom is 0.344 e. The van der Waals surface area contributed by atoms with Gasteiger partial charge < -0.3 is 19.5 Å². The van der Waals surface area contributed by atoms with Crippen LogP contribution < -0.4 is 14.8 Å². The molecule has 1 aromatic carbocycles. The van der Waals surface area contributed by atoms with Gasteiger partial charge in [0, 0.05) is 12.1 Å². The number of carbonyl (C=O) groups is 3. The number of hydrogen-bond acceptors (Lipinski definition) is 6. The van der Waals surface area contributed by atoms with Gasteiger partial charge in [0.25, 0.3) is 5.91 Å². The van der Waals surface area contributed by atoms with Crippen LogP contribution in [0, 0.1) is 0 Å². The van der Waals surface area contributed by atoms with Crippen LogP contribution >= 0.6 is 0 Å². The second-order valence-corrected chi connectivity index (χ2v) is 6.99. The molecule has 0 aromatic heterocycles. The first-order chi connectivity index (χ1) is 13.9. The lowest BCUT2D eigenvalue weighted by molar-refractivity contribution is -0.156. The number of rotatable bonds is 10. The van der Waals surface area contributed by atoms with Crippen molar-refractivity contribution >= 4 is 17.7 Å². The first-order valence-corrected chi connectivity index (χ1v) is 9.87. The molecule has 0 fully saturated rings. The zero-order valence-electron chi connectivity index (χ0n) is 17.3.